The maximum absolute atomic E-state index is 0. The van der Waals surface area contributed by atoms with Crippen LogP contribution in [0, 0.1) is 0 Å². The molecule has 0 aliphatic heterocycles. The molecular formula is InSe4Ta. The first-order valence-electron chi connectivity index (χ1n) is 0. The topological polar surface area (TPSA) is 0 Å². The predicted octanol–water partition coefficient (Wildman–Crippen LogP) is -1.91. The Hall–Kier alpha value is 3.69. The van der Waals surface area contributed by atoms with Gasteiger partial charge in [0.05, 0.1) is 0 Å². The van der Waals surface area contributed by atoms with E-state index in [1.807, 2.05) is 0 Å². The van der Waals surface area contributed by atoms with Gasteiger partial charge in [0, 0.05) is 0 Å². The standard InChI is InChI=1S/In.4Se.Ta/q+3;4*-2;+5. The van der Waals surface area contributed by atoms with Crippen molar-refractivity contribution in [3.8, 4) is 0 Å². The molecule has 0 aromatic heterocycles. The Bertz CT molecular complexity index is 7.51. The molecule has 0 fully saturated rings. The molecule has 6 heteroatoms. The van der Waals surface area contributed by atoms with Gasteiger partial charge in [-0.2, -0.15) is 0 Å². The molecule has 0 heterocycles. The Morgan fingerprint density at radius 1 is 0.500 bits per heavy atom. The van der Waals surface area contributed by atoms with E-state index in [0.717, 1.165) is 0 Å². The molecule has 0 aromatic rings. The predicted molar refractivity (Wildman–Crippen MR) is 28.8 cm³/mol. The van der Waals surface area contributed by atoms with Crippen molar-refractivity contribution in [2.24, 2.45) is 0 Å². The summed E-state index contributed by atoms with van der Waals surface area (Å²) in [5.74, 6) is 0. The second kappa shape index (κ2) is 37.8. The Morgan fingerprint density at radius 3 is 0.500 bits per heavy atom. The summed E-state index contributed by atoms with van der Waals surface area (Å²) in [5, 5.41) is 0. The summed E-state index contributed by atoms with van der Waals surface area (Å²) in [7, 11) is 0. The third-order valence-electron chi connectivity index (χ3n) is 0. The van der Waals surface area contributed by atoms with Crippen LogP contribution in [0.15, 0.2) is 0 Å². The summed E-state index contributed by atoms with van der Waals surface area (Å²) < 4.78 is 0. The van der Waals surface area contributed by atoms with E-state index >= 15 is 0 Å². The molecule has 0 saturated heterocycles. The number of rotatable bonds is 0. The molecule has 0 atom stereocenters. The molecule has 0 aliphatic rings. The van der Waals surface area contributed by atoms with Crippen LogP contribution in [0.5, 0.6) is 0 Å². The van der Waals surface area contributed by atoms with Crippen molar-refractivity contribution in [1.82, 2.24) is 0 Å². The van der Waals surface area contributed by atoms with E-state index in [1.165, 1.54) is 0 Å². The second-order valence-electron chi connectivity index (χ2n) is 0. The molecule has 0 rings (SSSR count). The maximum atomic E-state index is 0. The molecule has 0 aromatic carbocycles. The van der Waals surface area contributed by atoms with Crippen LogP contribution in [0.1, 0.15) is 0 Å². The minimum Gasteiger partial charge on any atom is -2.00 e. The van der Waals surface area contributed by atoms with Crippen molar-refractivity contribution < 1.29 is 22.4 Å². The summed E-state index contributed by atoms with van der Waals surface area (Å²) in [4.78, 5) is 0. The summed E-state index contributed by atoms with van der Waals surface area (Å²) in [6.45, 7) is 0. The third-order valence-corrected chi connectivity index (χ3v) is 0. The van der Waals surface area contributed by atoms with Gasteiger partial charge in [-0.1, -0.05) is 0 Å². The van der Waals surface area contributed by atoms with E-state index in [4.69, 9.17) is 0 Å². The minimum absolute atomic E-state index is 0. The van der Waals surface area contributed by atoms with Gasteiger partial charge in [0.1, 0.15) is 0 Å². The van der Waals surface area contributed by atoms with Crippen LogP contribution in [-0.2, 0) is 22.4 Å². The molecule has 0 bridgehead atoms. The fraction of sp³-hybridized carbons (Fsp3) is 0. The van der Waals surface area contributed by atoms with Gasteiger partial charge < -0.3 is 68.3 Å². The largest absolute Gasteiger partial charge is 5.00 e. The SMILES string of the molecule is [In+3].[Se-2].[Se-2].[Se-2].[Se-2].[Ta+5]. The van der Waals surface area contributed by atoms with Crippen LogP contribution >= 0.6 is 0 Å². The Labute approximate surface area is 114 Å². The van der Waals surface area contributed by atoms with E-state index < -0.39 is 0 Å². The van der Waals surface area contributed by atoms with Gasteiger partial charge in [0.25, 0.3) is 0 Å². The van der Waals surface area contributed by atoms with Gasteiger partial charge in [0.2, 0.25) is 0 Å². The number of hydrogen-bond acceptors (Lipinski definition) is 0. The summed E-state index contributed by atoms with van der Waals surface area (Å²) in [5.41, 5.74) is 0. The van der Waals surface area contributed by atoms with Crippen molar-refractivity contribution in [2.45, 2.75) is 0 Å². The van der Waals surface area contributed by atoms with E-state index in [0.29, 0.717) is 0 Å². The normalized spacial score (nSPS) is 0. The van der Waals surface area contributed by atoms with Crippen LogP contribution in [0.25, 0.3) is 0 Å². The molecule has 0 amide bonds. The zero-order chi connectivity index (χ0) is 0. The van der Waals surface area contributed by atoms with Crippen LogP contribution in [0.4, 0.5) is 0 Å². The molecule has 0 unspecified atom stereocenters. The van der Waals surface area contributed by atoms with Crippen LogP contribution in [-0.4, -0.2) is 94.1 Å². The first-order chi connectivity index (χ1) is 0. The molecule has 0 N–H and O–H groups in total. The van der Waals surface area contributed by atoms with Crippen molar-refractivity contribution in [2.75, 3.05) is 0 Å². The molecule has 0 aliphatic carbocycles. The van der Waals surface area contributed by atoms with Gasteiger partial charge >= 0.3 is 48.2 Å². The average Bonchev–Trinajstić information content (AvgIpc) is 0. The Kier molecular flexibility index (Phi) is 338. The van der Waals surface area contributed by atoms with E-state index in [2.05, 4.69) is 0 Å². The Morgan fingerprint density at radius 2 is 0.500 bits per heavy atom. The maximum Gasteiger partial charge on any atom is 5.00 e. The fourth-order valence-electron chi connectivity index (χ4n) is 0. The fourth-order valence-corrected chi connectivity index (χ4v) is 0. The van der Waals surface area contributed by atoms with Crippen molar-refractivity contribution >= 4 is 94.1 Å². The summed E-state index contributed by atoms with van der Waals surface area (Å²) in [6, 6.07) is 0. The van der Waals surface area contributed by atoms with Gasteiger partial charge in [-0.3, -0.25) is 0 Å². The van der Waals surface area contributed by atoms with Crippen LogP contribution in [0.2, 0.25) is 0 Å². The zero-order valence-corrected chi connectivity index (χ0v) is 16.0. The average molecular weight is 612 g/mol. The van der Waals surface area contributed by atoms with Crippen LogP contribution < -0.4 is 0 Å². The van der Waals surface area contributed by atoms with Crippen molar-refractivity contribution in [3.05, 3.63) is 0 Å². The third kappa shape index (κ3) is 25.3. The van der Waals surface area contributed by atoms with E-state index in [-0.39, 0.29) is 116 Å². The first-order valence-corrected chi connectivity index (χ1v) is 0. The Balaban J connectivity index is 0. The molecular weight excluding hydrogens is 612 g/mol. The smallest absolute Gasteiger partial charge is 2.00 e. The van der Waals surface area contributed by atoms with E-state index in [1.54, 1.807) is 0 Å². The molecule has 0 radical (unpaired) electrons. The second-order valence-corrected chi connectivity index (χ2v) is 0. The van der Waals surface area contributed by atoms with Gasteiger partial charge in [-0.15, -0.1) is 0 Å². The first kappa shape index (κ1) is 53.8. The monoisotopic (exact) mass is 616 g/mol. The minimum atomic E-state index is 0. The molecule has 0 spiro atoms. The molecule has 0 nitrogen and oxygen atoms in total. The quantitative estimate of drug-likeness (QED) is 0.281. The molecule has 0 saturated carbocycles. The van der Waals surface area contributed by atoms with E-state index in [9.17, 15) is 0 Å². The zero-order valence-electron chi connectivity index (χ0n) is 2.66. The molecule has 32 valence electrons. The summed E-state index contributed by atoms with van der Waals surface area (Å²) >= 11 is 0. The van der Waals surface area contributed by atoms with Crippen LogP contribution in [0.3, 0.4) is 0 Å². The van der Waals surface area contributed by atoms with Gasteiger partial charge in [-0.05, 0) is 0 Å². The summed E-state index contributed by atoms with van der Waals surface area (Å²) in [6.07, 6.45) is 0. The molecule has 6 heavy (non-hydrogen) atoms. The van der Waals surface area contributed by atoms with Gasteiger partial charge in [0.15, 0.2) is 0 Å². The van der Waals surface area contributed by atoms with Crippen molar-refractivity contribution in [3.63, 3.8) is 0 Å². The number of hydrogen-bond donors (Lipinski definition) is 0. The van der Waals surface area contributed by atoms with Crippen molar-refractivity contribution in [1.29, 1.82) is 0 Å². The van der Waals surface area contributed by atoms with Gasteiger partial charge in [-0.25, -0.2) is 0 Å².